The molecule has 0 saturated heterocycles. The second-order valence-corrected chi connectivity index (χ2v) is 8.80. The minimum Gasteiger partial charge on any atom is -0.497 e. The zero-order chi connectivity index (χ0) is 24.0. The number of carbonyl (C=O) groups is 2. The maximum atomic E-state index is 12.6. The van der Waals surface area contributed by atoms with Crippen molar-refractivity contribution in [1.82, 2.24) is 9.97 Å². The van der Waals surface area contributed by atoms with Gasteiger partial charge >= 0.3 is 5.97 Å². The van der Waals surface area contributed by atoms with E-state index in [0.717, 1.165) is 34.0 Å². The summed E-state index contributed by atoms with van der Waals surface area (Å²) in [7, 11) is 1.61. The molecule has 0 aliphatic rings. The van der Waals surface area contributed by atoms with Gasteiger partial charge in [0, 0.05) is 11.3 Å². The SMILES string of the molecule is CCOC(=O)c1sc(NC(=O)CSc2nc(C)cc(-c3ccc(OC)cc3)n2)c(C#N)c1C. The van der Waals surface area contributed by atoms with Crippen LogP contribution in [0.25, 0.3) is 11.3 Å². The molecule has 8 nitrogen and oxygen atoms in total. The molecule has 3 aromatic rings. The second kappa shape index (κ2) is 10.9. The van der Waals surface area contributed by atoms with Crippen molar-refractivity contribution >= 4 is 40.0 Å². The van der Waals surface area contributed by atoms with E-state index in [4.69, 9.17) is 9.47 Å². The van der Waals surface area contributed by atoms with Gasteiger partial charge in [0.2, 0.25) is 5.91 Å². The third kappa shape index (κ3) is 5.88. The van der Waals surface area contributed by atoms with Gasteiger partial charge in [-0.1, -0.05) is 11.8 Å². The Morgan fingerprint density at radius 3 is 2.58 bits per heavy atom. The molecule has 2 heterocycles. The number of anilines is 1. The molecule has 0 aliphatic carbocycles. The van der Waals surface area contributed by atoms with Gasteiger partial charge in [-0.05, 0) is 56.7 Å². The number of methoxy groups -OCH3 is 1. The van der Waals surface area contributed by atoms with Crippen molar-refractivity contribution in [3.05, 3.63) is 52.0 Å². The van der Waals surface area contributed by atoms with Crippen LogP contribution in [0.5, 0.6) is 5.75 Å². The van der Waals surface area contributed by atoms with Crippen molar-refractivity contribution in [2.24, 2.45) is 0 Å². The number of ether oxygens (including phenoxy) is 2. The molecule has 1 amide bonds. The Morgan fingerprint density at radius 2 is 1.94 bits per heavy atom. The number of thioether (sulfide) groups is 1. The number of aryl methyl sites for hydroxylation is 1. The number of benzene rings is 1. The lowest BCUT2D eigenvalue weighted by atomic mass is 10.1. The molecule has 0 fully saturated rings. The number of nitriles is 1. The highest BCUT2D eigenvalue weighted by atomic mass is 32.2. The second-order valence-electron chi connectivity index (χ2n) is 6.84. The van der Waals surface area contributed by atoms with Gasteiger partial charge in [-0.2, -0.15) is 5.26 Å². The number of hydrogen-bond donors (Lipinski definition) is 1. The van der Waals surface area contributed by atoms with E-state index in [2.05, 4.69) is 15.3 Å². The van der Waals surface area contributed by atoms with Gasteiger partial charge in [-0.3, -0.25) is 4.79 Å². The lowest BCUT2D eigenvalue weighted by Crippen LogP contribution is -2.14. The fourth-order valence-corrected chi connectivity index (χ4v) is 4.71. The normalized spacial score (nSPS) is 10.4. The molecule has 170 valence electrons. The Balaban J connectivity index is 1.71. The lowest BCUT2D eigenvalue weighted by Gasteiger charge is -2.07. The van der Waals surface area contributed by atoms with Gasteiger partial charge in [-0.25, -0.2) is 14.8 Å². The number of aromatic nitrogens is 2. The Bertz CT molecular complexity index is 1220. The average molecular weight is 483 g/mol. The van der Waals surface area contributed by atoms with Crippen LogP contribution in [0.4, 0.5) is 5.00 Å². The summed E-state index contributed by atoms with van der Waals surface area (Å²) in [5, 5.41) is 13.0. The van der Waals surface area contributed by atoms with Crippen molar-refractivity contribution in [3.8, 4) is 23.1 Å². The molecule has 2 aromatic heterocycles. The number of esters is 1. The number of thiophene rings is 1. The Labute approximate surface area is 200 Å². The van der Waals surface area contributed by atoms with Gasteiger partial charge < -0.3 is 14.8 Å². The highest BCUT2D eigenvalue weighted by molar-refractivity contribution is 7.99. The third-order valence-electron chi connectivity index (χ3n) is 4.52. The van der Waals surface area contributed by atoms with Crippen molar-refractivity contribution in [2.75, 3.05) is 24.8 Å². The van der Waals surface area contributed by atoms with Crippen LogP contribution in [0.2, 0.25) is 0 Å². The Morgan fingerprint density at radius 1 is 1.21 bits per heavy atom. The van der Waals surface area contributed by atoms with E-state index < -0.39 is 5.97 Å². The maximum absolute atomic E-state index is 12.6. The van der Waals surface area contributed by atoms with Crippen LogP contribution in [0.1, 0.15) is 33.4 Å². The molecular weight excluding hydrogens is 460 g/mol. The van der Waals surface area contributed by atoms with Crippen LogP contribution in [-0.4, -0.2) is 41.3 Å². The van der Waals surface area contributed by atoms with Crippen LogP contribution < -0.4 is 10.1 Å². The van der Waals surface area contributed by atoms with E-state index in [-0.39, 0.29) is 23.8 Å². The molecule has 10 heteroatoms. The van der Waals surface area contributed by atoms with Gasteiger partial charge in [0.25, 0.3) is 0 Å². The van der Waals surface area contributed by atoms with Crippen molar-refractivity contribution in [3.63, 3.8) is 0 Å². The van der Waals surface area contributed by atoms with E-state index >= 15 is 0 Å². The molecule has 0 aliphatic heterocycles. The number of hydrogen-bond acceptors (Lipinski definition) is 9. The Kier molecular flexibility index (Phi) is 8.03. The first kappa shape index (κ1) is 24.2. The van der Waals surface area contributed by atoms with E-state index in [1.807, 2.05) is 43.3 Å². The summed E-state index contributed by atoms with van der Waals surface area (Å²) in [5.41, 5.74) is 3.18. The molecule has 0 saturated carbocycles. The summed E-state index contributed by atoms with van der Waals surface area (Å²) < 4.78 is 10.2. The predicted octanol–water partition coefficient (Wildman–Crippen LogP) is 4.61. The first-order valence-electron chi connectivity index (χ1n) is 9.99. The Hall–Kier alpha value is -3.42. The minimum absolute atomic E-state index is 0.0437. The van der Waals surface area contributed by atoms with Gasteiger partial charge in [0.05, 0.1) is 30.7 Å². The highest BCUT2D eigenvalue weighted by Crippen LogP contribution is 2.33. The molecule has 0 spiro atoms. The number of nitrogens with one attached hydrogen (secondary N) is 1. The number of carbonyl (C=O) groups excluding carboxylic acids is 2. The monoisotopic (exact) mass is 482 g/mol. The zero-order valence-corrected chi connectivity index (χ0v) is 20.2. The first-order valence-corrected chi connectivity index (χ1v) is 11.8. The molecule has 0 atom stereocenters. The average Bonchev–Trinajstić information content (AvgIpc) is 3.12. The van der Waals surface area contributed by atoms with Crippen LogP contribution in [0.15, 0.2) is 35.5 Å². The number of nitrogens with zero attached hydrogens (tertiary/aromatic N) is 3. The van der Waals surface area contributed by atoms with Crippen LogP contribution in [0.3, 0.4) is 0 Å². The molecular formula is C23H22N4O4S2. The summed E-state index contributed by atoms with van der Waals surface area (Å²) in [6, 6.07) is 11.4. The standard InChI is InChI=1S/C23H22N4O4S2/c1-5-31-22(29)20-14(3)17(11-24)21(33-20)27-19(28)12-32-23-25-13(2)10-18(26-23)15-6-8-16(30-4)9-7-15/h6-10H,5,12H2,1-4H3,(H,27,28). The van der Waals surface area contributed by atoms with Crippen LogP contribution in [-0.2, 0) is 9.53 Å². The summed E-state index contributed by atoms with van der Waals surface area (Å²) >= 11 is 2.22. The first-order chi connectivity index (χ1) is 15.9. The smallest absolute Gasteiger partial charge is 0.348 e. The highest BCUT2D eigenvalue weighted by Gasteiger charge is 2.22. The van der Waals surface area contributed by atoms with Crippen molar-refractivity contribution in [2.45, 2.75) is 25.9 Å². The maximum Gasteiger partial charge on any atom is 0.348 e. The van der Waals surface area contributed by atoms with Crippen LogP contribution in [0, 0.1) is 25.2 Å². The molecule has 0 radical (unpaired) electrons. The van der Waals surface area contributed by atoms with E-state index in [1.165, 1.54) is 11.8 Å². The van der Waals surface area contributed by atoms with Crippen molar-refractivity contribution < 1.29 is 19.1 Å². The largest absolute Gasteiger partial charge is 0.497 e. The molecule has 0 bridgehead atoms. The molecule has 33 heavy (non-hydrogen) atoms. The summed E-state index contributed by atoms with van der Waals surface area (Å²) in [6.45, 7) is 5.46. The predicted molar refractivity (Wildman–Crippen MR) is 128 cm³/mol. The number of rotatable bonds is 8. The quantitative estimate of drug-likeness (QED) is 0.281. The molecule has 3 rings (SSSR count). The van der Waals surface area contributed by atoms with Crippen LogP contribution >= 0.6 is 23.1 Å². The molecule has 1 aromatic carbocycles. The van der Waals surface area contributed by atoms with Crippen molar-refractivity contribution in [1.29, 1.82) is 5.26 Å². The molecule has 1 N–H and O–H groups in total. The van der Waals surface area contributed by atoms with E-state index in [9.17, 15) is 14.9 Å². The summed E-state index contributed by atoms with van der Waals surface area (Å²) in [6.07, 6.45) is 0. The van der Waals surface area contributed by atoms with Gasteiger partial charge in [-0.15, -0.1) is 11.3 Å². The third-order valence-corrected chi connectivity index (χ3v) is 6.56. The topological polar surface area (TPSA) is 114 Å². The number of amides is 1. The zero-order valence-electron chi connectivity index (χ0n) is 18.6. The summed E-state index contributed by atoms with van der Waals surface area (Å²) in [4.78, 5) is 33.9. The van der Waals surface area contributed by atoms with E-state index in [0.29, 0.717) is 20.6 Å². The van der Waals surface area contributed by atoms with Gasteiger partial charge in [0.15, 0.2) is 5.16 Å². The summed E-state index contributed by atoms with van der Waals surface area (Å²) in [5.74, 6) is -0.0421. The minimum atomic E-state index is -0.509. The lowest BCUT2D eigenvalue weighted by molar-refractivity contribution is -0.113. The fourth-order valence-electron chi connectivity index (χ4n) is 2.94. The molecule has 0 unspecified atom stereocenters. The fraction of sp³-hybridized carbons (Fsp3) is 0.261. The van der Waals surface area contributed by atoms with E-state index in [1.54, 1.807) is 21.0 Å². The van der Waals surface area contributed by atoms with Gasteiger partial charge in [0.1, 0.15) is 21.7 Å².